The predicted molar refractivity (Wildman–Crippen MR) is 48.9 cm³/mol. The summed E-state index contributed by atoms with van der Waals surface area (Å²) in [6, 6.07) is 0. The Hall–Kier alpha value is 0.437. The van der Waals surface area contributed by atoms with E-state index in [-0.39, 0.29) is 0 Å². The Morgan fingerprint density at radius 3 is 1.75 bits per heavy atom. The first-order valence-electron chi connectivity index (χ1n) is 2.48. The Labute approximate surface area is 58.6 Å². The maximum absolute atomic E-state index is 8.52. The van der Waals surface area contributed by atoms with Crippen molar-refractivity contribution in [3.05, 3.63) is 0 Å². The molecule has 0 heterocycles. The normalized spacial score (nSPS) is 12.6. The van der Waals surface area contributed by atoms with E-state index in [0.29, 0.717) is 0 Å². The zero-order valence-corrected chi connectivity index (χ0v) is 8.98. The van der Waals surface area contributed by atoms with Crippen LogP contribution in [0.3, 0.4) is 0 Å². The Morgan fingerprint density at radius 1 is 1.38 bits per heavy atom. The topological polar surface area (TPSA) is 23.8 Å². The second kappa shape index (κ2) is 2.83. The van der Waals surface area contributed by atoms with Gasteiger partial charge in [0.25, 0.3) is 0 Å². The standard InChI is InChI=1S/C5H12INSi/c1-6(5-7)8(2,3)4/h1-4H3. The molecule has 0 aliphatic rings. The molecular formula is C5H12INSi. The van der Waals surface area contributed by atoms with E-state index in [1.165, 1.54) is 0 Å². The third-order valence-electron chi connectivity index (χ3n) is 0.977. The van der Waals surface area contributed by atoms with Gasteiger partial charge in [-0.25, -0.2) is 0 Å². The van der Waals surface area contributed by atoms with Crippen molar-refractivity contribution in [3.8, 4) is 4.08 Å². The minimum atomic E-state index is -1.08. The van der Waals surface area contributed by atoms with Gasteiger partial charge in [-0.2, -0.15) is 0 Å². The van der Waals surface area contributed by atoms with Crippen LogP contribution in [0, 0.1) is 9.34 Å². The van der Waals surface area contributed by atoms with E-state index in [0.717, 1.165) is 0 Å². The van der Waals surface area contributed by atoms with Gasteiger partial charge in [0.2, 0.25) is 0 Å². The molecule has 0 fully saturated rings. The van der Waals surface area contributed by atoms with Crippen molar-refractivity contribution < 1.29 is 0 Å². The Kier molecular flexibility index (Phi) is 2.98. The molecule has 1 nitrogen and oxygen atoms in total. The number of nitrogens with zero attached hydrogens (tertiary/aromatic N) is 1. The average molecular weight is 241 g/mol. The van der Waals surface area contributed by atoms with Crippen molar-refractivity contribution in [3.63, 3.8) is 0 Å². The minimum absolute atomic E-state index is 0.965. The van der Waals surface area contributed by atoms with Crippen LogP contribution >= 0.6 is 19.0 Å². The third kappa shape index (κ3) is 2.67. The van der Waals surface area contributed by atoms with Gasteiger partial charge in [-0.1, -0.05) is 0 Å². The van der Waals surface area contributed by atoms with Crippen LogP contribution in [0.4, 0.5) is 0 Å². The van der Waals surface area contributed by atoms with Crippen molar-refractivity contribution in [1.82, 2.24) is 0 Å². The van der Waals surface area contributed by atoms with Gasteiger partial charge in [0.1, 0.15) is 0 Å². The Balaban J connectivity index is 3.87. The van der Waals surface area contributed by atoms with Gasteiger partial charge in [0, 0.05) is 0 Å². The summed E-state index contributed by atoms with van der Waals surface area (Å²) in [5.41, 5.74) is -0.965. The van der Waals surface area contributed by atoms with E-state index >= 15 is 0 Å². The van der Waals surface area contributed by atoms with E-state index in [1.807, 2.05) is 0 Å². The maximum atomic E-state index is 8.52. The average Bonchev–Trinajstić information content (AvgIpc) is 1.62. The van der Waals surface area contributed by atoms with E-state index in [2.05, 4.69) is 28.6 Å². The van der Waals surface area contributed by atoms with Crippen LogP contribution in [-0.2, 0) is 0 Å². The van der Waals surface area contributed by atoms with Gasteiger partial charge in [-0.15, -0.1) is 0 Å². The van der Waals surface area contributed by atoms with Gasteiger partial charge in [0.05, 0.1) is 0 Å². The number of rotatable bonds is 1. The molecule has 0 saturated heterocycles. The SMILES string of the molecule is CI(C#N)[Si](C)(C)C. The number of nitriles is 1. The van der Waals surface area contributed by atoms with Crippen LogP contribution < -0.4 is 0 Å². The summed E-state index contributed by atoms with van der Waals surface area (Å²) < 4.78 is 2.42. The summed E-state index contributed by atoms with van der Waals surface area (Å²) in [6.45, 7) is 6.84. The molecule has 0 aromatic heterocycles. The molecule has 0 radical (unpaired) electrons. The second-order valence-corrected chi connectivity index (χ2v) is 23.4. The first-order valence-corrected chi connectivity index (χ1v) is 12.3. The van der Waals surface area contributed by atoms with Gasteiger partial charge < -0.3 is 0 Å². The van der Waals surface area contributed by atoms with Crippen LogP contribution in [0.2, 0.25) is 19.6 Å². The third-order valence-corrected chi connectivity index (χ3v) is 18.5. The van der Waals surface area contributed by atoms with Crippen molar-refractivity contribution in [2.75, 3.05) is 4.93 Å². The molecular weight excluding hydrogens is 229 g/mol. The van der Waals surface area contributed by atoms with E-state index in [9.17, 15) is 0 Å². The van der Waals surface area contributed by atoms with Crippen LogP contribution in [0.5, 0.6) is 0 Å². The molecule has 3 heteroatoms. The van der Waals surface area contributed by atoms with Gasteiger partial charge in [-0.05, 0) is 0 Å². The van der Waals surface area contributed by atoms with Gasteiger partial charge >= 0.3 is 58.5 Å². The molecule has 0 amide bonds. The van der Waals surface area contributed by atoms with Crippen molar-refractivity contribution in [2.24, 2.45) is 0 Å². The molecule has 0 aliphatic heterocycles. The summed E-state index contributed by atoms with van der Waals surface area (Å²) in [5, 5.41) is 8.52. The summed E-state index contributed by atoms with van der Waals surface area (Å²) in [5.74, 6) is 0. The van der Waals surface area contributed by atoms with Crippen LogP contribution in [0.1, 0.15) is 0 Å². The first kappa shape index (κ1) is 8.44. The molecule has 0 N–H and O–H groups in total. The monoisotopic (exact) mass is 241 g/mol. The molecule has 0 bridgehead atoms. The molecule has 0 aromatic carbocycles. The quantitative estimate of drug-likeness (QED) is 0.299. The Bertz CT molecular complexity index is 111. The van der Waals surface area contributed by atoms with E-state index < -0.39 is 24.6 Å². The van der Waals surface area contributed by atoms with Crippen LogP contribution in [-0.4, -0.2) is 10.5 Å². The molecule has 0 aliphatic carbocycles. The molecule has 0 rings (SSSR count). The summed E-state index contributed by atoms with van der Waals surface area (Å²) >= 11 is -1.08. The van der Waals surface area contributed by atoms with Crippen LogP contribution in [0.25, 0.3) is 0 Å². The van der Waals surface area contributed by atoms with Crippen molar-refractivity contribution in [2.45, 2.75) is 19.6 Å². The molecule has 0 atom stereocenters. The van der Waals surface area contributed by atoms with Crippen LogP contribution in [0.15, 0.2) is 0 Å². The zero-order chi connectivity index (χ0) is 6.78. The summed E-state index contributed by atoms with van der Waals surface area (Å²) in [4.78, 5) is 2.16. The first-order chi connectivity index (χ1) is 3.48. The zero-order valence-electron chi connectivity index (χ0n) is 5.83. The molecule has 0 aromatic rings. The molecule has 8 heavy (non-hydrogen) atoms. The second-order valence-electron chi connectivity index (χ2n) is 2.62. The van der Waals surface area contributed by atoms with E-state index in [1.54, 1.807) is 0 Å². The molecule has 48 valence electrons. The molecule has 0 spiro atoms. The van der Waals surface area contributed by atoms with Crippen molar-refractivity contribution in [1.29, 1.82) is 5.26 Å². The van der Waals surface area contributed by atoms with E-state index in [4.69, 9.17) is 5.26 Å². The van der Waals surface area contributed by atoms with Crippen molar-refractivity contribution >= 4 is 24.6 Å². The fraction of sp³-hybridized carbons (Fsp3) is 0.800. The fourth-order valence-corrected chi connectivity index (χ4v) is 2.55. The number of hydrogen-bond donors (Lipinski definition) is 0. The summed E-state index contributed by atoms with van der Waals surface area (Å²) in [7, 11) is 0. The molecule has 0 saturated carbocycles. The number of halogens is 1. The Morgan fingerprint density at radius 2 is 1.75 bits per heavy atom. The predicted octanol–water partition coefficient (Wildman–Crippen LogP) is 2.44. The number of alkyl halides is 1. The van der Waals surface area contributed by atoms with Gasteiger partial charge in [0.15, 0.2) is 0 Å². The van der Waals surface area contributed by atoms with Gasteiger partial charge in [-0.3, -0.25) is 0 Å². The summed E-state index contributed by atoms with van der Waals surface area (Å²) in [6.07, 6.45) is 0. The number of hydrogen-bond acceptors (Lipinski definition) is 1. The molecule has 0 unspecified atom stereocenters. The fourth-order valence-electron chi connectivity index (χ4n) is 0.127.